The third-order valence-electron chi connectivity index (χ3n) is 4.96. The van der Waals surface area contributed by atoms with E-state index in [9.17, 15) is 23.1 Å². The van der Waals surface area contributed by atoms with Gasteiger partial charge in [0.2, 0.25) is 0 Å². The predicted octanol–water partition coefficient (Wildman–Crippen LogP) is 4.42. The highest BCUT2D eigenvalue weighted by Crippen LogP contribution is 2.34. The van der Waals surface area contributed by atoms with Crippen molar-refractivity contribution in [3.8, 4) is 16.9 Å². The lowest BCUT2D eigenvalue weighted by molar-refractivity contribution is -0.141. The Bertz CT molecular complexity index is 1080. The van der Waals surface area contributed by atoms with Crippen molar-refractivity contribution < 1.29 is 23.1 Å². The fourth-order valence-corrected chi connectivity index (χ4v) is 3.64. The van der Waals surface area contributed by atoms with E-state index in [0.29, 0.717) is 29.8 Å². The van der Waals surface area contributed by atoms with Crippen LogP contribution in [0.1, 0.15) is 22.5 Å². The Morgan fingerprint density at radius 3 is 2.43 bits per heavy atom. The molecule has 0 aliphatic carbocycles. The van der Waals surface area contributed by atoms with E-state index in [0.717, 1.165) is 10.7 Å². The van der Waals surface area contributed by atoms with Crippen LogP contribution in [-0.4, -0.2) is 44.9 Å². The van der Waals surface area contributed by atoms with Gasteiger partial charge in [-0.05, 0) is 36.8 Å². The molecule has 4 rings (SSSR count). The molecule has 1 aliphatic rings. The van der Waals surface area contributed by atoms with Crippen LogP contribution in [0.3, 0.4) is 0 Å². The van der Waals surface area contributed by atoms with Gasteiger partial charge in [0.25, 0.3) is 5.91 Å². The molecule has 2 aromatic carbocycles. The van der Waals surface area contributed by atoms with Crippen LogP contribution in [0.25, 0.3) is 16.9 Å². The summed E-state index contributed by atoms with van der Waals surface area (Å²) in [7, 11) is 0. The van der Waals surface area contributed by atoms with Crippen LogP contribution in [0, 0.1) is 0 Å². The van der Waals surface area contributed by atoms with Crippen molar-refractivity contribution in [1.29, 1.82) is 0 Å². The molecule has 156 valence electrons. The van der Waals surface area contributed by atoms with E-state index in [1.165, 1.54) is 0 Å². The summed E-state index contributed by atoms with van der Waals surface area (Å²) in [6, 6.07) is 13.7. The Morgan fingerprint density at radius 1 is 1.13 bits per heavy atom. The van der Waals surface area contributed by atoms with Gasteiger partial charge in [-0.25, -0.2) is 4.68 Å². The Balaban J connectivity index is 1.72. The number of amides is 1. The first-order valence-corrected chi connectivity index (χ1v) is 9.62. The Labute approximate surface area is 175 Å². The molecular formula is C21H17ClF3N3O2. The van der Waals surface area contributed by atoms with Crippen LogP contribution in [0.4, 0.5) is 13.2 Å². The zero-order chi connectivity index (χ0) is 21.5. The molecule has 0 spiro atoms. The lowest BCUT2D eigenvalue weighted by atomic mass is 10.1. The van der Waals surface area contributed by atoms with E-state index in [-0.39, 0.29) is 23.2 Å². The van der Waals surface area contributed by atoms with Gasteiger partial charge in [0.1, 0.15) is 0 Å². The molecule has 1 saturated heterocycles. The van der Waals surface area contributed by atoms with Crippen LogP contribution in [0.2, 0.25) is 5.02 Å². The van der Waals surface area contributed by atoms with Gasteiger partial charge in [-0.2, -0.15) is 18.3 Å². The molecule has 1 fully saturated rings. The predicted molar refractivity (Wildman–Crippen MR) is 106 cm³/mol. The van der Waals surface area contributed by atoms with Crippen molar-refractivity contribution in [2.75, 3.05) is 13.1 Å². The number of hydrogen-bond donors (Lipinski definition) is 1. The van der Waals surface area contributed by atoms with Crippen molar-refractivity contribution in [3.63, 3.8) is 0 Å². The summed E-state index contributed by atoms with van der Waals surface area (Å²) >= 11 is 6.18. The topological polar surface area (TPSA) is 58.4 Å². The molecule has 0 saturated carbocycles. The highest BCUT2D eigenvalue weighted by atomic mass is 35.5. The number of aliphatic hydroxyl groups is 1. The zero-order valence-corrected chi connectivity index (χ0v) is 16.4. The normalized spacial score (nSPS) is 16.8. The smallest absolute Gasteiger partial charge is 0.391 e. The summed E-state index contributed by atoms with van der Waals surface area (Å²) in [6.07, 6.45) is -4.62. The number of para-hydroxylation sites is 1. The van der Waals surface area contributed by atoms with Crippen LogP contribution in [-0.2, 0) is 6.18 Å². The van der Waals surface area contributed by atoms with E-state index in [1.807, 2.05) is 0 Å². The maximum absolute atomic E-state index is 13.3. The molecule has 0 radical (unpaired) electrons. The van der Waals surface area contributed by atoms with Crippen molar-refractivity contribution in [3.05, 3.63) is 70.9 Å². The van der Waals surface area contributed by atoms with Crippen molar-refractivity contribution in [2.45, 2.75) is 18.7 Å². The minimum Gasteiger partial charge on any atom is -0.391 e. The first-order valence-electron chi connectivity index (χ1n) is 9.24. The fraction of sp³-hybridized carbons (Fsp3) is 0.238. The molecular weight excluding hydrogens is 419 g/mol. The Hall–Kier alpha value is -2.84. The number of halogens is 4. The minimum atomic E-state index is -4.62. The standard InChI is InChI=1S/C21H17ClF3N3O2/c22-16-3-1-2-4-17(16)28-18(11-19(26-28)21(23,24)25)13-5-7-14(8-6-13)20(30)27-10-9-15(29)12-27/h1-8,11,15,29H,9-10,12H2/t15-/m1/s1. The van der Waals surface area contributed by atoms with Gasteiger partial charge in [0.15, 0.2) is 5.69 Å². The SMILES string of the molecule is O=C(c1ccc(-c2cc(C(F)(F)F)nn2-c2ccccc2Cl)cc1)N1CC[C@@H](O)C1. The third-order valence-corrected chi connectivity index (χ3v) is 5.28. The van der Waals surface area contributed by atoms with Gasteiger partial charge in [-0.1, -0.05) is 35.9 Å². The number of nitrogens with zero attached hydrogens (tertiary/aromatic N) is 3. The van der Waals surface area contributed by atoms with Gasteiger partial charge >= 0.3 is 6.18 Å². The molecule has 2 heterocycles. The number of aliphatic hydroxyl groups excluding tert-OH is 1. The molecule has 1 aliphatic heterocycles. The number of benzene rings is 2. The first kappa shape index (κ1) is 20.4. The van der Waals surface area contributed by atoms with Crippen LogP contribution in [0.15, 0.2) is 54.6 Å². The van der Waals surface area contributed by atoms with E-state index in [4.69, 9.17) is 11.6 Å². The number of hydrogen-bond acceptors (Lipinski definition) is 3. The molecule has 1 amide bonds. The largest absolute Gasteiger partial charge is 0.435 e. The highest BCUT2D eigenvalue weighted by Gasteiger charge is 2.35. The van der Waals surface area contributed by atoms with E-state index < -0.39 is 18.0 Å². The monoisotopic (exact) mass is 435 g/mol. The maximum Gasteiger partial charge on any atom is 0.435 e. The minimum absolute atomic E-state index is 0.200. The van der Waals surface area contributed by atoms with Crippen LogP contribution >= 0.6 is 11.6 Å². The summed E-state index contributed by atoms with van der Waals surface area (Å²) in [5, 5.41) is 13.6. The quantitative estimate of drug-likeness (QED) is 0.662. The van der Waals surface area contributed by atoms with Crippen LogP contribution in [0.5, 0.6) is 0 Å². The average molecular weight is 436 g/mol. The summed E-state index contributed by atoms with van der Waals surface area (Å²) in [4.78, 5) is 14.1. The number of carbonyl (C=O) groups excluding carboxylic acids is 1. The van der Waals surface area contributed by atoms with Crippen LogP contribution < -0.4 is 0 Å². The molecule has 1 N–H and O–H groups in total. The fourth-order valence-electron chi connectivity index (χ4n) is 3.42. The molecule has 1 aromatic heterocycles. The van der Waals surface area contributed by atoms with Gasteiger partial charge < -0.3 is 10.0 Å². The number of carbonyl (C=O) groups is 1. The summed E-state index contributed by atoms with van der Waals surface area (Å²) < 4.78 is 41.1. The Kier molecular flexibility index (Phi) is 5.29. The lowest BCUT2D eigenvalue weighted by Crippen LogP contribution is -2.29. The van der Waals surface area contributed by atoms with Crippen molar-refractivity contribution in [1.82, 2.24) is 14.7 Å². The summed E-state index contributed by atoms with van der Waals surface area (Å²) in [5.74, 6) is -0.228. The van der Waals surface area contributed by atoms with E-state index in [1.54, 1.807) is 53.4 Å². The molecule has 0 unspecified atom stereocenters. The molecule has 3 aromatic rings. The number of β-amino-alcohol motifs (C(OH)–C–C–N with tert-alkyl or cyclic N) is 1. The second-order valence-electron chi connectivity index (χ2n) is 7.05. The average Bonchev–Trinajstić information content (AvgIpc) is 3.34. The number of alkyl halides is 3. The van der Waals surface area contributed by atoms with E-state index in [2.05, 4.69) is 5.10 Å². The van der Waals surface area contributed by atoms with Crippen molar-refractivity contribution >= 4 is 17.5 Å². The van der Waals surface area contributed by atoms with E-state index >= 15 is 0 Å². The maximum atomic E-state index is 13.3. The molecule has 0 bridgehead atoms. The lowest BCUT2D eigenvalue weighted by Gasteiger charge is -2.16. The van der Waals surface area contributed by atoms with Gasteiger partial charge in [0.05, 0.1) is 22.5 Å². The highest BCUT2D eigenvalue weighted by molar-refractivity contribution is 6.32. The molecule has 9 heteroatoms. The van der Waals surface area contributed by atoms with Gasteiger partial charge in [-0.15, -0.1) is 0 Å². The number of rotatable bonds is 3. The Morgan fingerprint density at radius 2 is 1.83 bits per heavy atom. The summed E-state index contributed by atoms with van der Waals surface area (Å²) in [6.45, 7) is 0.741. The number of aromatic nitrogens is 2. The zero-order valence-electron chi connectivity index (χ0n) is 15.6. The number of likely N-dealkylation sites (tertiary alicyclic amines) is 1. The molecule has 1 atom stereocenters. The molecule has 30 heavy (non-hydrogen) atoms. The second kappa shape index (κ2) is 7.77. The van der Waals surface area contributed by atoms with Gasteiger partial charge in [-0.3, -0.25) is 4.79 Å². The van der Waals surface area contributed by atoms with Crippen molar-refractivity contribution in [2.24, 2.45) is 0 Å². The first-order chi connectivity index (χ1) is 14.2. The second-order valence-corrected chi connectivity index (χ2v) is 7.45. The summed E-state index contributed by atoms with van der Waals surface area (Å²) in [5.41, 5.74) is 0.328. The third kappa shape index (κ3) is 3.93. The van der Waals surface area contributed by atoms with Gasteiger partial charge in [0, 0.05) is 24.2 Å². The molecule has 5 nitrogen and oxygen atoms in total.